The van der Waals surface area contributed by atoms with E-state index >= 15 is 0 Å². The molecule has 6 nitrogen and oxygen atoms in total. The topological polar surface area (TPSA) is 69.7 Å². The van der Waals surface area contributed by atoms with Gasteiger partial charge in [-0.25, -0.2) is 4.39 Å². The molecule has 1 N–H and O–H groups in total. The number of piperidine rings is 1. The first-order valence-corrected chi connectivity index (χ1v) is 10.8. The van der Waals surface area contributed by atoms with Crippen molar-refractivity contribution in [3.8, 4) is 0 Å². The van der Waals surface area contributed by atoms with Crippen molar-refractivity contribution in [2.75, 3.05) is 26.2 Å². The monoisotopic (exact) mass is 435 g/mol. The number of benzene rings is 2. The van der Waals surface area contributed by atoms with Gasteiger partial charge in [0.15, 0.2) is 0 Å². The predicted molar refractivity (Wildman–Crippen MR) is 119 cm³/mol. The Morgan fingerprint density at radius 1 is 1.03 bits per heavy atom. The largest absolute Gasteiger partial charge is 0.356 e. The van der Waals surface area contributed by atoms with Crippen LogP contribution >= 0.6 is 0 Å². The minimum Gasteiger partial charge on any atom is -0.356 e. The molecule has 0 radical (unpaired) electrons. The summed E-state index contributed by atoms with van der Waals surface area (Å²) in [5.74, 6) is -0.857. The van der Waals surface area contributed by atoms with Crippen LogP contribution in [0.4, 0.5) is 4.39 Å². The van der Waals surface area contributed by atoms with E-state index in [0.717, 1.165) is 5.56 Å². The highest BCUT2D eigenvalue weighted by atomic mass is 19.1. The number of nitrogens with one attached hydrogen (secondary N) is 1. The van der Waals surface area contributed by atoms with Crippen molar-refractivity contribution in [2.24, 2.45) is 5.92 Å². The zero-order valence-electron chi connectivity index (χ0n) is 17.9. The molecule has 1 saturated heterocycles. The molecule has 0 bridgehead atoms. The predicted octanol–water partition coefficient (Wildman–Crippen LogP) is 2.85. The normalized spacial score (nSPS) is 16.3. The average molecular weight is 435 g/mol. The zero-order valence-corrected chi connectivity index (χ0v) is 17.9. The number of nitrogens with zero attached hydrogens (tertiary/aromatic N) is 2. The Bertz CT molecular complexity index is 1020. The van der Waals surface area contributed by atoms with Crippen LogP contribution in [0, 0.1) is 11.7 Å². The van der Waals surface area contributed by atoms with Crippen LogP contribution in [0.25, 0.3) is 5.70 Å². The first kappa shape index (κ1) is 21.7. The molecule has 0 atom stereocenters. The second kappa shape index (κ2) is 9.34. The minimum absolute atomic E-state index is 0.0498. The fourth-order valence-electron chi connectivity index (χ4n) is 4.29. The fraction of sp³-hybridized carbons (Fsp3) is 0.320. The fourth-order valence-corrected chi connectivity index (χ4v) is 4.29. The van der Waals surface area contributed by atoms with Crippen LogP contribution in [0.1, 0.15) is 34.3 Å². The number of fused-ring (bicyclic) bond motifs is 1. The molecular formula is C25H26FN3O3. The van der Waals surface area contributed by atoms with Gasteiger partial charge in [-0.1, -0.05) is 43.0 Å². The van der Waals surface area contributed by atoms with Crippen molar-refractivity contribution in [1.29, 1.82) is 0 Å². The Hall–Kier alpha value is -3.48. The van der Waals surface area contributed by atoms with Gasteiger partial charge in [-0.05, 0) is 37.0 Å². The number of halogens is 1. The van der Waals surface area contributed by atoms with Crippen molar-refractivity contribution in [1.82, 2.24) is 15.1 Å². The van der Waals surface area contributed by atoms with Crippen LogP contribution in [-0.2, 0) is 16.0 Å². The number of amides is 3. The van der Waals surface area contributed by atoms with E-state index in [1.165, 1.54) is 11.0 Å². The van der Waals surface area contributed by atoms with Crippen molar-refractivity contribution < 1.29 is 18.8 Å². The van der Waals surface area contributed by atoms with Gasteiger partial charge in [0.25, 0.3) is 5.91 Å². The Balaban J connectivity index is 1.23. The van der Waals surface area contributed by atoms with Gasteiger partial charge < -0.3 is 10.2 Å². The molecule has 2 heterocycles. The number of hydrogen-bond donors (Lipinski definition) is 1. The summed E-state index contributed by atoms with van der Waals surface area (Å²) < 4.78 is 13.7. The SMILES string of the molecule is C=C1c2ccccc2C(=O)N1CC(=O)N1CCC(C(=O)NCCc2ccccc2F)CC1. The molecule has 0 aliphatic carbocycles. The molecule has 0 unspecified atom stereocenters. The molecule has 4 rings (SSSR count). The Kier molecular flexibility index (Phi) is 6.35. The average Bonchev–Trinajstić information content (AvgIpc) is 3.05. The number of carbonyl (C=O) groups excluding carboxylic acids is 3. The molecular weight excluding hydrogens is 409 g/mol. The van der Waals surface area contributed by atoms with Gasteiger partial charge in [0.05, 0.1) is 0 Å². The molecule has 0 aromatic heterocycles. The van der Waals surface area contributed by atoms with Gasteiger partial charge in [0, 0.05) is 42.4 Å². The number of carbonyl (C=O) groups is 3. The quantitative estimate of drug-likeness (QED) is 0.759. The van der Waals surface area contributed by atoms with E-state index in [2.05, 4.69) is 11.9 Å². The Morgan fingerprint density at radius 3 is 2.38 bits per heavy atom. The molecule has 7 heteroatoms. The van der Waals surface area contributed by atoms with E-state index < -0.39 is 0 Å². The first-order valence-electron chi connectivity index (χ1n) is 10.8. The van der Waals surface area contributed by atoms with Crippen LogP contribution in [0.2, 0.25) is 0 Å². The molecule has 2 aromatic rings. The molecule has 0 saturated carbocycles. The molecule has 1 fully saturated rings. The van der Waals surface area contributed by atoms with E-state index in [9.17, 15) is 18.8 Å². The molecule has 3 amide bonds. The zero-order chi connectivity index (χ0) is 22.7. The highest BCUT2D eigenvalue weighted by Gasteiger charge is 2.34. The standard InChI is InChI=1S/C25H26FN3O3/c1-17-20-7-3-4-8-21(20)25(32)29(17)16-23(30)28-14-11-19(12-15-28)24(31)27-13-10-18-6-2-5-9-22(18)26/h2-9,19H,1,10-16H2,(H,27,31). The van der Waals surface area contributed by atoms with Crippen LogP contribution in [0.5, 0.6) is 0 Å². The lowest BCUT2D eigenvalue weighted by Gasteiger charge is -2.32. The second-order valence-corrected chi connectivity index (χ2v) is 8.17. The second-order valence-electron chi connectivity index (χ2n) is 8.17. The summed E-state index contributed by atoms with van der Waals surface area (Å²) in [5.41, 5.74) is 2.45. The highest BCUT2D eigenvalue weighted by molar-refractivity contribution is 6.10. The Morgan fingerprint density at radius 2 is 1.69 bits per heavy atom. The van der Waals surface area contributed by atoms with Crippen LogP contribution < -0.4 is 5.32 Å². The summed E-state index contributed by atoms with van der Waals surface area (Å²) in [6.07, 6.45) is 1.56. The number of rotatable bonds is 6. The summed E-state index contributed by atoms with van der Waals surface area (Å²) in [6, 6.07) is 13.7. The lowest BCUT2D eigenvalue weighted by Crippen LogP contribution is -2.46. The van der Waals surface area contributed by atoms with Gasteiger partial charge in [-0.3, -0.25) is 19.3 Å². The third-order valence-electron chi connectivity index (χ3n) is 6.20. The molecule has 0 spiro atoms. The third-order valence-corrected chi connectivity index (χ3v) is 6.20. The maximum Gasteiger partial charge on any atom is 0.259 e. The molecule has 2 aliphatic heterocycles. The smallest absolute Gasteiger partial charge is 0.259 e. The van der Waals surface area contributed by atoms with Gasteiger partial charge in [-0.2, -0.15) is 0 Å². The van der Waals surface area contributed by atoms with Crippen molar-refractivity contribution in [3.63, 3.8) is 0 Å². The molecule has 2 aromatic carbocycles. The summed E-state index contributed by atoms with van der Waals surface area (Å²) in [4.78, 5) is 41.0. The van der Waals surface area contributed by atoms with E-state index in [-0.39, 0.29) is 36.0 Å². The molecule has 32 heavy (non-hydrogen) atoms. The highest BCUT2D eigenvalue weighted by Crippen LogP contribution is 2.31. The lowest BCUT2D eigenvalue weighted by atomic mass is 9.95. The number of likely N-dealkylation sites (tertiary alicyclic amines) is 1. The van der Waals surface area contributed by atoms with Crippen LogP contribution in [0.15, 0.2) is 55.1 Å². The summed E-state index contributed by atoms with van der Waals surface area (Å²) in [6.45, 7) is 5.23. The van der Waals surface area contributed by atoms with E-state index in [1.807, 2.05) is 12.1 Å². The van der Waals surface area contributed by atoms with E-state index in [0.29, 0.717) is 55.7 Å². The van der Waals surface area contributed by atoms with Gasteiger partial charge in [-0.15, -0.1) is 0 Å². The molecule has 166 valence electrons. The first-order chi connectivity index (χ1) is 15.5. The number of hydrogen-bond acceptors (Lipinski definition) is 3. The van der Waals surface area contributed by atoms with Gasteiger partial charge >= 0.3 is 0 Å². The lowest BCUT2D eigenvalue weighted by molar-refractivity contribution is -0.135. The van der Waals surface area contributed by atoms with Gasteiger partial charge in [0.1, 0.15) is 12.4 Å². The molecule has 2 aliphatic rings. The summed E-state index contributed by atoms with van der Waals surface area (Å²) in [5, 5.41) is 2.88. The van der Waals surface area contributed by atoms with Gasteiger partial charge in [0.2, 0.25) is 11.8 Å². The van der Waals surface area contributed by atoms with Crippen LogP contribution in [-0.4, -0.2) is 53.7 Å². The van der Waals surface area contributed by atoms with E-state index in [4.69, 9.17) is 0 Å². The summed E-state index contributed by atoms with van der Waals surface area (Å²) >= 11 is 0. The summed E-state index contributed by atoms with van der Waals surface area (Å²) in [7, 11) is 0. The Labute approximate surface area is 186 Å². The third kappa shape index (κ3) is 4.42. The van der Waals surface area contributed by atoms with Crippen LogP contribution in [0.3, 0.4) is 0 Å². The maximum absolute atomic E-state index is 13.7. The van der Waals surface area contributed by atoms with Crippen molar-refractivity contribution in [2.45, 2.75) is 19.3 Å². The minimum atomic E-state index is -0.268. The maximum atomic E-state index is 13.7. The van der Waals surface area contributed by atoms with Crippen molar-refractivity contribution in [3.05, 3.63) is 77.6 Å². The van der Waals surface area contributed by atoms with E-state index in [1.54, 1.807) is 35.2 Å². The van der Waals surface area contributed by atoms with Crippen molar-refractivity contribution >= 4 is 23.4 Å².